The molecule has 0 amide bonds. The van der Waals surface area contributed by atoms with Crippen molar-refractivity contribution in [3.05, 3.63) is 42.5 Å². The van der Waals surface area contributed by atoms with Crippen LogP contribution in [0, 0.1) is 29.6 Å². The lowest BCUT2D eigenvalue weighted by molar-refractivity contribution is 0.108. The maximum Gasteiger partial charge on any atom is 0.119 e. The van der Waals surface area contributed by atoms with E-state index in [1.54, 1.807) is 0 Å². The van der Waals surface area contributed by atoms with Gasteiger partial charge in [-0.05, 0) is 85.3 Å². The number of benzene rings is 1. The fraction of sp³-hybridized carbons (Fsp3) is 0.750. The van der Waals surface area contributed by atoms with Gasteiger partial charge in [-0.15, -0.1) is 0 Å². The van der Waals surface area contributed by atoms with Crippen LogP contribution in [-0.2, 0) is 0 Å². The Bertz CT molecular complexity index is 683. The second kappa shape index (κ2) is 13.0. The summed E-state index contributed by atoms with van der Waals surface area (Å²) in [5.41, 5.74) is 1.53. The minimum Gasteiger partial charge on any atom is -0.490 e. The summed E-state index contributed by atoms with van der Waals surface area (Å²) < 4.78 is 5.67. The maximum absolute atomic E-state index is 5.67. The van der Waals surface area contributed by atoms with Gasteiger partial charge in [0.15, 0.2) is 0 Å². The van der Waals surface area contributed by atoms with E-state index < -0.39 is 0 Å². The van der Waals surface area contributed by atoms with Gasteiger partial charge < -0.3 is 4.74 Å². The van der Waals surface area contributed by atoms with E-state index in [1.807, 2.05) is 6.08 Å². The minimum absolute atomic E-state index is 0.591. The molecule has 1 heteroatoms. The Balaban J connectivity index is 1.15. The van der Waals surface area contributed by atoms with Crippen LogP contribution in [0.15, 0.2) is 36.9 Å². The number of rotatable bonds is 11. The van der Waals surface area contributed by atoms with Gasteiger partial charge in [-0.2, -0.15) is 0 Å². The number of hydrogen-bond donors (Lipinski definition) is 0. The highest BCUT2D eigenvalue weighted by molar-refractivity contribution is 5.30. The molecule has 0 aliphatic heterocycles. The van der Waals surface area contributed by atoms with Gasteiger partial charge in [0, 0.05) is 0 Å². The Morgan fingerprint density at radius 3 is 2.12 bits per heavy atom. The average molecular weight is 451 g/mol. The molecule has 0 saturated heterocycles. The molecule has 0 aromatic heterocycles. The highest BCUT2D eigenvalue weighted by atomic mass is 16.5. The highest BCUT2D eigenvalue weighted by Gasteiger charge is 2.36. The van der Waals surface area contributed by atoms with E-state index in [4.69, 9.17) is 4.74 Å². The first-order valence-corrected chi connectivity index (χ1v) is 14.6. The van der Waals surface area contributed by atoms with E-state index >= 15 is 0 Å². The zero-order chi connectivity index (χ0) is 22.9. The second-order valence-electron chi connectivity index (χ2n) is 11.8. The van der Waals surface area contributed by atoms with Crippen LogP contribution in [0.25, 0.3) is 0 Å². The van der Waals surface area contributed by atoms with Crippen LogP contribution in [0.3, 0.4) is 0 Å². The minimum atomic E-state index is 0.591. The summed E-state index contributed by atoms with van der Waals surface area (Å²) in [6.45, 7) is 6.66. The molecule has 33 heavy (non-hydrogen) atoms. The van der Waals surface area contributed by atoms with Crippen molar-refractivity contribution in [3.63, 3.8) is 0 Å². The fourth-order valence-electron chi connectivity index (χ4n) is 7.51. The first-order chi connectivity index (χ1) is 16.2. The standard InChI is InChI=1S/C32H50O/c1-3-5-6-7-25-8-10-26(11-9-25)12-13-27-14-15-31-24-30(17-16-29(31)23-27)28-18-20-32(21-19-28)33-22-4-2/h4,18-21,25-27,29-31H,2-3,5-17,22-24H2,1H3. The molecule has 0 radical (unpaired) electrons. The van der Waals surface area contributed by atoms with Crippen LogP contribution < -0.4 is 4.74 Å². The molecule has 184 valence electrons. The Morgan fingerprint density at radius 2 is 1.39 bits per heavy atom. The van der Waals surface area contributed by atoms with E-state index in [9.17, 15) is 0 Å². The summed E-state index contributed by atoms with van der Waals surface area (Å²) in [5, 5.41) is 0. The zero-order valence-electron chi connectivity index (χ0n) is 21.5. The lowest BCUT2D eigenvalue weighted by Gasteiger charge is -2.43. The van der Waals surface area contributed by atoms with Gasteiger partial charge in [0.2, 0.25) is 0 Å². The van der Waals surface area contributed by atoms with Crippen molar-refractivity contribution in [3.8, 4) is 5.75 Å². The topological polar surface area (TPSA) is 9.23 Å². The molecule has 1 nitrogen and oxygen atoms in total. The quantitative estimate of drug-likeness (QED) is 0.241. The third kappa shape index (κ3) is 7.37. The molecule has 0 N–H and O–H groups in total. The van der Waals surface area contributed by atoms with Gasteiger partial charge in [0.05, 0.1) is 0 Å². The van der Waals surface area contributed by atoms with Gasteiger partial charge in [-0.1, -0.05) is 102 Å². The fourth-order valence-corrected chi connectivity index (χ4v) is 7.51. The molecule has 1 aromatic rings. The van der Waals surface area contributed by atoms with Crippen molar-refractivity contribution in [2.75, 3.05) is 6.61 Å². The summed E-state index contributed by atoms with van der Waals surface area (Å²) in [4.78, 5) is 0. The monoisotopic (exact) mass is 450 g/mol. The predicted octanol–water partition coefficient (Wildman–Crippen LogP) is 9.72. The highest BCUT2D eigenvalue weighted by Crippen LogP contribution is 2.49. The normalized spacial score (nSPS) is 32.2. The summed E-state index contributed by atoms with van der Waals surface area (Å²) in [5.74, 6) is 6.89. The molecule has 1 aromatic carbocycles. The van der Waals surface area contributed by atoms with E-state index in [0.717, 1.165) is 41.3 Å². The van der Waals surface area contributed by atoms with Gasteiger partial charge in [0.25, 0.3) is 0 Å². The van der Waals surface area contributed by atoms with Crippen LogP contribution in [-0.4, -0.2) is 6.61 Å². The van der Waals surface area contributed by atoms with Crippen LogP contribution >= 0.6 is 0 Å². The third-order valence-electron chi connectivity index (χ3n) is 9.61. The maximum atomic E-state index is 5.67. The molecule has 4 rings (SSSR count). The van der Waals surface area contributed by atoms with E-state index in [2.05, 4.69) is 37.8 Å². The molecule has 3 saturated carbocycles. The van der Waals surface area contributed by atoms with Crippen LogP contribution in [0.5, 0.6) is 5.75 Å². The molecule has 0 bridgehead atoms. The Hall–Kier alpha value is -1.24. The molecule has 4 unspecified atom stereocenters. The van der Waals surface area contributed by atoms with Crippen molar-refractivity contribution in [1.29, 1.82) is 0 Å². The molecule has 0 heterocycles. The third-order valence-corrected chi connectivity index (χ3v) is 9.61. The van der Waals surface area contributed by atoms with E-state index in [0.29, 0.717) is 6.61 Å². The largest absolute Gasteiger partial charge is 0.490 e. The predicted molar refractivity (Wildman–Crippen MR) is 142 cm³/mol. The Kier molecular flexibility index (Phi) is 9.81. The van der Waals surface area contributed by atoms with Crippen molar-refractivity contribution in [2.24, 2.45) is 29.6 Å². The van der Waals surface area contributed by atoms with Gasteiger partial charge in [-0.3, -0.25) is 0 Å². The molecule has 3 aliphatic rings. The van der Waals surface area contributed by atoms with Crippen molar-refractivity contribution in [1.82, 2.24) is 0 Å². The smallest absolute Gasteiger partial charge is 0.119 e. The molecule has 3 aliphatic carbocycles. The van der Waals surface area contributed by atoms with Crippen molar-refractivity contribution < 1.29 is 4.74 Å². The summed E-state index contributed by atoms with van der Waals surface area (Å²) in [7, 11) is 0. The van der Waals surface area contributed by atoms with Crippen molar-refractivity contribution >= 4 is 0 Å². The van der Waals surface area contributed by atoms with Crippen LogP contribution in [0.1, 0.15) is 121 Å². The lowest BCUT2D eigenvalue weighted by Crippen LogP contribution is -2.30. The van der Waals surface area contributed by atoms with Crippen LogP contribution in [0.4, 0.5) is 0 Å². The zero-order valence-corrected chi connectivity index (χ0v) is 21.5. The van der Waals surface area contributed by atoms with E-state index in [1.165, 1.54) is 108 Å². The number of ether oxygens (including phenoxy) is 1. The number of unbranched alkanes of at least 4 members (excludes halogenated alkanes) is 2. The lowest BCUT2D eigenvalue weighted by atomic mass is 9.63. The average Bonchev–Trinajstić information content (AvgIpc) is 2.87. The Labute approximate surface area is 204 Å². The summed E-state index contributed by atoms with van der Waals surface area (Å²) in [6, 6.07) is 8.93. The van der Waals surface area contributed by atoms with Crippen LogP contribution in [0.2, 0.25) is 0 Å². The van der Waals surface area contributed by atoms with Crippen molar-refractivity contribution in [2.45, 2.75) is 116 Å². The molecule has 3 fully saturated rings. The first kappa shape index (κ1) is 24.9. The molecular formula is C32H50O. The Morgan fingerprint density at radius 1 is 0.758 bits per heavy atom. The number of hydrogen-bond acceptors (Lipinski definition) is 1. The molecule has 4 atom stereocenters. The summed E-state index contributed by atoms with van der Waals surface area (Å²) >= 11 is 0. The van der Waals surface area contributed by atoms with Gasteiger partial charge in [-0.25, -0.2) is 0 Å². The van der Waals surface area contributed by atoms with Gasteiger partial charge >= 0.3 is 0 Å². The van der Waals surface area contributed by atoms with E-state index in [-0.39, 0.29) is 0 Å². The second-order valence-corrected chi connectivity index (χ2v) is 11.8. The summed E-state index contributed by atoms with van der Waals surface area (Å²) in [6.07, 6.45) is 25.7. The SMILES string of the molecule is C=CCOc1ccc(C2CCC3CC(CCC4CCC(CCCCC)CC4)CCC3C2)cc1. The number of fused-ring (bicyclic) bond motifs is 1. The van der Waals surface area contributed by atoms with Gasteiger partial charge in [0.1, 0.15) is 12.4 Å². The first-order valence-electron chi connectivity index (χ1n) is 14.6. The molecule has 0 spiro atoms. The molecular weight excluding hydrogens is 400 g/mol.